The monoisotopic (exact) mass is 451 g/mol. The van der Waals surface area contributed by atoms with Crippen LogP contribution in [0.4, 0.5) is 23.4 Å². The number of anilines is 4. The lowest BCUT2D eigenvalue weighted by Gasteiger charge is -2.27. The fourth-order valence-corrected chi connectivity index (χ4v) is 4.05. The Morgan fingerprint density at radius 3 is 2.82 bits per heavy atom. The predicted molar refractivity (Wildman–Crippen MR) is 126 cm³/mol. The first-order valence-electron chi connectivity index (χ1n) is 11.4. The summed E-state index contributed by atoms with van der Waals surface area (Å²) in [6.07, 6.45) is 3.02. The molecule has 11 heteroatoms. The highest BCUT2D eigenvalue weighted by molar-refractivity contribution is 5.89. The fraction of sp³-hybridized carbons (Fsp3) is 0.500. The molecule has 2 atom stereocenters. The summed E-state index contributed by atoms with van der Waals surface area (Å²) in [6, 6.07) is 5.79. The van der Waals surface area contributed by atoms with Crippen LogP contribution in [0.5, 0.6) is 0 Å². The Morgan fingerprint density at radius 2 is 2.09 bits per heavy atom. The van der Waals surface area contributed by atoms with Gasteiger partial charge in [0.1, 0.15) is 5.52 Å². The molecular formula is C22H29N9O2. The van der Waals surface area contributed by atoms with Crippen molar-refractivity contribution in [3.8, 4) is 0 Å². The molecule has 3 aromatic rings. The van der Waals surface area contributed by atoms with Gasteiger partial charge in [-0.1, -0.05) is 0 Å². The number of fused-ring (bicyclic) bond motifs is 1. The maximum atomic E-state index is 10.1. The minimum absolute atomic E-state index is 0.147. The molecule has 0 amide bonds. The maximum Gasteiger partial charge on any atom is 0.229 e. The molecular weight excluding hydrogens is 422 g/mol. The molecule has 3 aromatic heterocycles. The van der Waals surface area contributed by atoms with Crippen LogP contribution >= 0.6 is 0 Å². The van der Waals surface area contributed by atoms with Gasteiger partial charge in [0, 0.05) is 44.4 Å². The standard InChI is InChI=1S/C22H29N9O2/c1-14(32)17-11-15-12-24-22(28-20(15)21(26-17)25-16-3-2-10-33-13-16)27-18-4-5-19(30-29-18)31-8-6-23-7-9-31/h4-5,11-12,14,16,23,32H,2-3,6-10,13H2,1H3,(H,25,26)(H,24,27,28,29)/t14-,16-/m1/s1. The molecule has 0 bridgehead atoms. The van der Waals surface area contributed by atoms with Gasteiger partial charge >= 0.3 is 0 Å². The average Bonchev–Trinajstić information content (AvgIpc) is 2.86. The minimum atomic E-state index is -0.695. The van der Waals surface area contributed by atoms with E-state index in [0.29, 0.717) is 35.4 Å². The minimum Gasteiger partial charge on any atom is -0.387 e. The van der Waals surface area contributed by atoms with Crippen molar-refractivity contribution in [2.75, 3.05) is 54.9 Å². The summed E-state index contributed by atoms with van der Waals surface area (Å²) in [5.74, 6) is 2.44. The summed E-state index contributed by atoms with van der Waals surface area (Å²) in [6.45, 7) is 6.82. The van der Waals surface area contributed by atoms with Crippen molar-refractivity contribution in [1.82, 2.24) is 30.5 Å². The molecule has 4 N–H and O–H groups in total. The third-order valence-corrected chi connectivity index (χ3v) is 5.85. The highest BCUT2D eigenvalue weighted by Gasteiger charge is 2.19. The van der Waals surface area contributed by atoms with Crippen molar-refractivity contribution in [1.29, 1.82) is 0 Å². The van der Waals surface area contributed by atoms with Gasteiger partial charge in [-0.05, 0) is 38.0 Å². The van der Waals surface area contributed by atoms with Crippen LogP contribution in [0.3, 0.4) is 0 Å². The van der Waals surface area contributed by atoms with E-state index in [1.807, 2.05) is 18.2 Å². The third-order valence-electron chi connectivity index (χ3n) is 5.85. The number of pyridine rings is 1. The fourth-order valence-electron chi connectivity index (χ4n) is 4.05. The predicted octanol–water partition coefficient (Wildman–Crippen LogP) is 1.61. The van der Waals surface area contributed by atoms with Crippen LogP contribution in [0.1, 0.15) is 31.6 Å². The molecule has 5 heterocycles. The molecule has 0 spiro atoms. The van der Waals surface area contributed by atoms with Crippen LogP contribution < -0.4 is 20.9 Å². The Balaban J connectivity index is 1.39. The number of nitrogens with zero attached hydrogens (tertiary/aromatic N) is 6. The first kappa shape index (κ1) is 21.7. The molecule has 11 nitrogen and oxygen atoms in total. The lowest BCUT2D eigenvalue weighted by Crippen LogP contribution is -2.43. The van der Waals surface area contributed by atoms with Crippen molar-refractivity contribution in [3.05, 3.63) is 30.1 Å². The second kappa shape index (κ2) is 9.77. The van der Waals surface area contributed by atoms with Gasteiger partial charge in [0.15, 0.2) is 17.5 Å². The third kappa shape index (κ3) is 5.10. The van der Waals surface area contributed by atoms with E-state index in [-0.39, 0.29) is 6.04 Å². The number of ether oxygens (including phenoxy) is 1. The molecule has 0 aromatic carbocycles. The number of hydrogen-bond donors (Lipinski definition) is 4. The number of rotatable bonds is 6. The van der Waals surface area contributed by atoms with Gasteiger partial charge in [0.25, 0.3) is 0 Å². The number of aliphatic hydroxyl groups excluding tert-OH is 1. The number of aliphatic hydroxyl groups is 1. The Bertz CT molecular complexity index is 1080. The normalized spacial score (nSPS) is 19.9. The molecule has 0 unspecified atom stereocenters. The zero-order chi connectivity index (χ0) is 22.6. The number of hydrogen-bond acceptors (Lipinski definition) is 11. The Labute approximate surface area is 192 Å². The van der Waals surface area contributed by atoms with Gasteiger partial charge in [0.2, 0.25) is 5.95 Å². The summed E-state index contributed by atoms with van der Waals surface area (Å²) < 4.78 is 5.59. The van der Waals surface area contributed by atoms with Crippen LogP contribution in [0.2, 0.25) is 0 Å². The first-order chi connectivity index (χ1) is 16.2. The maximum absolute atomic E-state index is 10.1. The van der Waals surface area contributed by atoms with E-state index in [4.69, 9.17) is 9.72 Å². The summed E-state index contributed by atoms with van der Waals surface area (Å²) >= 11 is 0. The lowest BCUT2D eigenvalue weighted by molar-refractivity contribution is 0.0875. The van der Waals surface area contributed by atoms with Crippen molar-refractivity contribution in [3.63, 3.8) is 0 Å². The highest BCUT2D eigenvalue weighted by atomic mass is 16.5. The molecule has 0 aliphatic carbocycles. The van der Waals surface area contributed by atoms with Crippen LogP contribution in [-0.2, 0) is 4.74 Å². The molecule has 0 radical (unpaired) electrons. The van der Waals surface area contributed by atoms with Gasteiger partial charge in [-0.2, -0.15) is 0 Å². The molecule has 33 heavy (non-hydrogen) atoms. The SMILES string of the molecule is C[C@@H](O)c1cc2cnc(Nc3ccc(N4CCNCC4)nn3)nc2c(N[C@@H]2CCCOC2)n1. The second-order valence-corrected chi connectivity index (χ2v) is 8.40. The summed E-state index contributed by atoms with van der Waals surface area (Å²) in [4.78, 5) is 16.0. The Kier molecular flexibility index (Phi) is 6.42. The quantitative estimate of drug-likeness (QED) is 0.435. The van der Waals surface area contributed by atoms with E-state index in [9.17, 15) is 5.11 Å². The van der Waals surface area contributed by atoms with Gasteiger partial charge < -0.3 is 30.7 Å². The topological polar surface area (TPSA) is 133 Å². The summed E-state index contributed by atoms with van der Waals surface area (Å²) in [7, 11) is 0. The highest BCUT2D eigenvalue weighted by Crippen LogP contribution is 2.26. The van der Waals surface area contributed by atoms with Crippen molar-refractivity contribution < 1.29 is 9.84 Å². The Morgan fingerprint density at radius 1 is 1.21 bits per heavy atom. The lowest BCUT2D eigenvalue weighted by atomic mass is 10.1. The number of aromatic nitrogens is 5. The van der Waals surface area contributed by atoms with Crippen LogP contribution in [-0.4, -0.2) is 75.7 Å². The average molecular weight is 452 g/mol. The molecule has 2 aliphatic heterocycles. The molecule has 2 aliphatic rings. The zero-order valence-corrected chi connectivity index (χ0v) is 18.7. The van der Waals surface area contributed by atoms with Crippen LogP contribution in [0, 0.1) is 0 Å². The van der Waals surface area contributed by atoms with E-state index < -0.39 is 6.10 Å². The summed E-state index contributed by atoms with van der Waals surface area (Å²) in [5.41, 5.74) is 1.24. The second-order valence-electron chi connectivity index (χ2n) is 8.40. The van der Waals surface area contributed by atoms with Crippen molar-refractivity contribution >= 4 is 34.3 Å². The number of nitrogens with one attached hydrogen (secondary N) is 3. The van der Waals surface area contributed by atoms with E-state index in [1.54, 1.807) is 13.1 Å². The summed E-state index contributed by atoms with van der Waals surface area (Å²) in [5, 5.41) is 29.5. The molecule has 174 valence electrons. The number of piperazine rings is 1. The van der Waals surface area contributed by atoms with E-state index >= 15 is 0 Å². The Hall–Kier alpha value is -3.15. The van der Waals surface area contributed by atoms with Crippen LogP contribution in [0.25, 0.3) is 10.9 Å². The van der Waals surface area contributed by atoms with E-state index in [2.05, 4.69) is 41.0 Å². The smallest absolute Gasteiger partial charge is 0.229 e. The van der Waals surface area contributed by atoms with Gasteiger partial charge in [0.05, 0.1) is 24.4 Å². The van der Waals surface area contributed by atoms with Gasteiger partial charge in [-0.3, -0.25) is 0 Å². The zero-order valence-electron chi connectivity index (χ0n) is 18.7. The molecule has 5 rings (SSSR count). The van der Waals surface area contributed by atoms with E-state index in [0.717, 1.165) is 56.8 Å². The van der Waals surface area contributed by atoms with Gasteiger partial charge in [-0.15, -0.1) is 10.2 Å². The van der Waals surface area contributed by atoms with Gasteiger partial charge in [-0.25, -0.2) is 15.0 Å². The first-order valence-corrected chi connectivity index (χ1v) is 11.4. The molecule has 2 saturated heterocycles. The van der Waals surface area contributed by atoms with Crippen molar-refractivity contribution in [2.24, 2.45) is 0 Å². The largest absolute Gasteiger partial charge is 0.387 e. The van der Waals surface area contributed by atoms with E-state index in [1.165, 1.54) is 0 Å². The molecule has 2 fully saturated rings. The van der Waals surface area contributed by atoms with Crippen LogP contribution in [0.15, 0.2) is 24.4 Å². The van der Waals surface area contributed by atoms with Crippen molar-refractivity contribution in [2.45, 2.75) is 31.9 Å². The molecule has 0 saturated carbocycles.